The minimum absolute atomic E-state index is 0.0266. The third-order valence-corrected chi connectivity index (χ3v) is 9.78. The third kappa shape index (κ3) is 5.85. The fraction of sp³-hybridized carbons (Fsp3) is 0.679. The second-order valence-corrected chi connectivity index (χ2v) is 12.5. The van der Waals surface area contributed by atoms with Crippen LogP contribution in [0.15, 0.2) is 28.4 Å². The molecular weight excluding hydrogens is 548 g/mol. The van der Waals surface area contributed by atoms with E-state index in [1.54, 1.807) is 13.3 Å². The van der Waals surface area contributed by atoms with Crippen LogP contribution in [0.3, 0.4) is 0 Å². The van der Waals surface area contributed by atoms with Crippen molar-refractivity contribution in [2.45, 2.75) is 60.9 Å². The van der Waals surface area contributed by atoms with Crippen LogP contribution in [0.5, 0.6) is 5.75 Å². The number of ether oxygens (including phenoxy) is 5. The molecule has 12 nitrogen and oxygen atoms in total. The Morgan fingerprint density at radius 3 is 2.80 bits per heavy atom. The standard InChI is InChI=1S/C28H40N6O6S/c1-18-25(29)28(15-40-18)4-7-33(8-5-28)26-21(12-35)32-23(10-31-26)41-22-3-6-30-27-24(22)39-14-20-9-19(11-34(20)27)13-37-17-38-16-36-2/h3,6,10,18-20,25,35H,4-5,7-9,11-17,29H2,1-2H3. The third-order valence-electron chi connectivity index (χ3n) is 8.83. The van der Waals surface area contributed by atoms with E-state index in [-0.39, 0.29) is 43.8 Å². The van der Waals surface area contributed by atoms with Gasteiger partial charge in [-0.3, -0.25) is 0 Å². The monoisotopic (exact) mass is 588 g/mol. The van der Waals surface area contributed by atoms with E-state index in [0.29, 0.717) is 36.5 Å². The Balaban J connectivity index is 1.11. The molecule has 0 amide bonds. The van der Waals surface area contributed by atoms with Crippen LogP contribution >= 0.6 is 11.8 Å². The molecule has 2 aromatic heterocycles. The maximum atomic E-state index is 10.2. The van der Waals surface area contributed by atoms with Gasteiger partial charge in [0.25, 0.3) is 0 Å². The number of aliphatic hydroxyl groups is 1. The number of aliphatic hydroxyl groups excluding tert-OH is 1. The highest BCUT2D eigenvalue weighted by Gasteiger charge is 2.48. The second kappa shape index (κ2) is 12.5. The predicted molar refractivity (Wildman–Crippen MR) is 152 cm³/mol. The molecule has 13 heteroatoms. The van der Waals surface area contributed by atoms with E-state index in [9.17, 15) is 5.11 Å². The number of piperidine rings is 1. The largest absolute Gasteiger partial charge is 0.486 e. The average Bonchev–Trinajstić information content (AvgIpc) is 3.54. The van der Waals surface area contributed by atoms with Gasteiger partial charge < -0.3 is 44.3 Å². The highest BCUT2D eigenvalue weighted by Crippen LogP contribution is 2.45. The molecular formula is C28H40N6O6S. The highest BCUT2D eigenvalue weighted by atomic mass is 32.2. The van der Waals surface area contributed by atoms with Gasteiger partial charge in [0, 0.05) is 50.3 Å². The van der Waals surface area contributed by atoms with E-state index in [2.05, 4.69) is 21.7 Å². The highest BCUT2D eigenvalue weighted by molar-refractivity contribution is 7.99. The number of rotatable bonds is 10. The quantitative estimate of drug-likeness (QED) is 0.310. The summed E-state index contributed by atoms with van der Waals surface area (Å²) in [5, 5.41) is 10.9. The van der Waals surface area contributed by atoms with Gasteiger partial charge in [-0.05, 0) is 32.3 Å². The van der Waals surface area contributed by atoms with E-state index in [0.717, 1.165) is 61.2 Å². The van der Waals surface area contributed by atoms with Crippen molar-refractivity contribution in [1.82, 2.24) is 15.0 Å². The Labute approximate surface area is 244 Å². The van der Waals surface area contributed by atoms with Crippen molar-refractivity contribution in [3.8, 4) is 5.75 Å². The van der Waals surface area contributed by atoms with E-state index >= 15 is 0 Å². The van der Waals surface area contributed by atoms with E-state index in [4.69, 9.17) is 39.4 Å². The maximum Gasteiger partial charge on any atom is 0.175 e. The van der Waals surface area contributed by atoms with Crippen molar-refractivity contribution in [2.75, 3.05) is 70.0 Å². The molecule has 41 heavy (non-hydrogen) atoms. The number of anilines is 2. The number of pyridine rings is 1. The van der Waals surface area contributed by atoms with Crippen LogP contribution in [0, 0.1) is 11.3 Å². The molecule has 0 bridgehead atoms. The summed E-state index contributed by atoms with van der Waals surface area (Å²) in [6.45, 7) is 6.72. The summed E-state index contributed by atoms with van der Waals surface area (Å²) in [6.07, 6.45) is 6.54. The van der Waals surface area contributed by atoms with Crippen LogP contribution in [-0.4, -0.2) is 98.4 Å². The lowest BCUT2D eigenvalue weighted by atomic mass is 9.73. The number of nitrogens with zero attached hydrogens (tertiary/aromatic N) is 5. The van der Waals surface area contributed by atoms with E-state index in [1.807, 2.05) is 12.3 Å². The lowest BCUT2D eigenvalue weighted by Gasteiger charge is -2.41. The molecule has 0 aliphatic carbocycles. The van der Waals surface area contributed by atoms with Crippen LogP contribution in [0.2, 0.25) is 0 Å². The summed E-state index contributed by atoms with van der Waals surface area (Å²) in [5.41, 5.74) is 7.10. The molecule has 6 rings (SSSR count). The average molecular weight is 589 g/mol. The van der Waals surface area contributed by atoms with Gasteiger partial charge in [0.2, 0.25) is 0 Å². The fourth-order valence-corrected chi connectivity index (χ4v) is 7.39. The lowest BCUT2D eigenvalue weighted by molar-refractivity contribution is -0.124. The van der Waals surface area contributed by atoms with E-state index in [1.165, 1.54) is 11.8 Å². The van der Waals surface area contributed by atoms with Crippen molar-refractivity contribution in [1.29, 1.82) is 0 Å². The first-order valence-electron chi connectivity index (χ1n) is 14.3. The van der Waals surface area contributed by atoms with Gasteiger partial charge in [-0.2, -0.15) is 0 Å². The van der Waals surface area contributed by atoms with Crippen LogP contribution in [0.25, 0.3) is 0 Å². The zero-order chi connectivity index (χ0) is 28.4. The molecule has 4 aliphatic heterocycles. The predicted octanol–water partition coefficient (Wildman–Crippen LogP) is 2.03. The summed E-state index contributed by atoms with van der Waals surface area (Å²) in [4.78, 5) is 19.7. The molecule has 4 unspecified atom stereocenters. The molecule has 3 fully saturated rings. The van der Waals surface area contributed by atoms with Gasteiger partial charge in [0.05, 0.1) is 43.1 Å². The van der Waals surface area contributed by atoms with Crippen LogP contribution in [0.4, 0.5) is 11.6 Å². The SMILES string of the molecule is COCOCOCC1CC2COc3c(Sc4cnc(N5CCC6(CC5)COC(C)C6N)c(CO)n4)ccnc3N2C1. The molecule has 4 aliphatic rings. The Morgan fingerprint density at radius 2 is 2.05 bits per heavy atom. The van der Waals surface area contributed by atoms with Crippen molar-refractivity contribution < 1.29 is 28.8 Å². The minimum atomic E-state index is -0.182. The topological polar surface area (TPSA) is 138 Å². The summed E-state index contributed by atoms with van der Waals surface area (Å²) >= 11 is 1.48. The maximum absolute atomic E-state index is 10.2. The molecule has 3 N–H and O–H groups in total. The molecule has 224 valence electrons. The molecule has 0 aromatic carbocycles. The molecule has 3 saturated heterocycles. The second-order valence-electron chi connectivity index (χ2n) is 11.4. The van der Waals surface area contributed by atoms with Gasteiger partial charge in [-0.25, -0.2) is 15.0 Å². The number of aromatic nitrogens is 3. The summed E-state index contributed by atoms with van der Waals surface area (Å²) in [6, 6.07) is 2.26. The van der Waals surface area contributed by atoms with Gasteiger partial charge in [-0.15, -0.1) is 0 Å². The van der Waals surface area contributed by atoms with Crippen molar-refractivity contribution in [3.05, 3.63) is 24.2 Å². The van der Waals surface area contributed by atoms with Crippen LogP contribution in [-0.2, 0) is 25.6 Å². The number of methoxy groups -OCH3 is 1. The first-order valence-corrected chi connectivity index (χ1v) is 15.1. The first kappa shape index (κ1) is 28.8. The number of fused-ring (bicyclic) bond motifs is 3. The Morgan fingerprint density at radius 1 is 1.20 bits per heavy atom. The first-order chi connectivity index (χ1) is 20.0. The van der Waals surface area contributed by atoms with Crippen molar-refractivity contribution >= 4 is 23.4 Å². The van der Waals surface area contributed by atoms with Crippen LogP contribution < -0.4 is 20.3 Å². The van der Waals surface area contributed by atoms with E-state index < -0.39 is 0 Å². The van der Waals surface area contributed by atoms with Gasteiger partial charge in [-0.1, -0.05) is 11.8 Å². The van der Waals surface area contributed by atoms with Crippen LogP contribution in [0.1, 0.15) is 31.9 Å². The summed E-state index contributed by atoms with van der Waals surface area (Å²) in [5.74, 6) is 2.72. The summed E-state index contributed by atoms with van der Waals surface area (Å²) in [7, 11) is 1.59. The zero-order valence-electron chi connectivity index (χ0n) is 23.7. The smallest absolute Gasteiger partial charge is 0.175 e. The molecule has 1 spiro atoms. The molecule has 4 atom stereocenters. The zero-order valence-corrected chi connectivity index (χ0v) is 24.6. The molecule has 0 radical (unpaired) electrons. The number of nitrogens with two attached hydrogens (primary N) is 1. The molecule has 2 aromatic rings. The minimum Gasteiger partial charge on any atom is -0.486 e. The Bertz CT molecular complexity index is 1200. The molecule has 0 saturated carbocycles. The summed E-state index contributed by atoms with van der Waals surface area (Å²) < 4.78 is 27.9. The van der Waals surface area contributed by atoms with Crippen molar-refractivity contribution in [3.63, 3.8) is 0 Å². The number of hydrogen-bond donors (Lipinski definition) is 2. The Kier molecular flexibility index (Phi) is 8.82. The van der Waals surface area contributed by atoms with Gasteiger partial charge in [0.1, 0.15) is 30.9 Å². The fourth-order valence-electron chi connectivity index (χ4n) is 6.53. The Hall–Kier alpha value is -2.26. The lowest BCUT2D eigenvalue weighted by Crippen LogP contribution is -2.51. The van der Waals surface area contributed by atoms with Gasteiger partial charge in [0.15, 0.2) is 17.4 Å². The molecule has 6 heterocycles. The van der Waals surface area contributed by atoms with Gasteiger partial charge >= 0.3 is 0 Å². The number of hydrogen-bond acceptors (Lipinski definition) is 13. The van der Waals surface area contributed by atoms with Crippen molar-refractivity contribution in [2.24, 2.45) is 17.1 Å². The normalized spacial score (nSPS) is 26.7.